The Balaban J connectivity index is 1.78. The number of benzene rings is 2. The van der Waals surface area contributed by atoms with Gasteiger partial charge in [-0.25, -0.2) is 0 Å². The molecule has 0 heterocycles. The highest BCUT2D eigenvalue weighted by atomic mass is 16.5. The number of Topliss-reactive ketones (excluding diaryl/α,β-unsaturated/α-hetero) is 1. The van der Waals surface area contributed by atoms with E-state index in [4.69, 9.17) is 9.47 Å². The number of esters is 1. The summed E-state index contributed by atoms with van der Waals surface area (Å²) in [5.41, 5.74) is 2.39. The Morgan fingerprint density at radius 2 is 1.50 bits per heavy atom. The lowest BCUT2D eigenvalue weighted by molar-refractivity contribution is -0.150. The summed E-state index contributed by atoms with van der Waals surface area (Å²) in [4.78, 5) is 35.5. The Bertz CT molecular complexity index is 910. The van der Waals surface area contributed by atoms with Gasteiger partial charge < -0.3 is 14.8 Å². The maximum Gasteiger partial charge on any atom is 0.306 e. The minimum absolute atomic E-state index is 0.0244. The van der Waals surface area contributed by atoms with Crippen LogP contribution in [0.3, 0.4) is 0 Å². The van der Waals surface area contributed by atoms with Gasteiger partial charge in [0.05, 0.1) is 6.42 Å². The van der Waals surface area contributed by atoms with Crippen LogP contribution in [0.2, 0.25) is 0 Å². The number of ketones is 1. The second-order valence-corrected chi connectivity index (χ2v) is 8.25. The number of ether oxygens (including phenoxy) is 2. The maximum atomic E-state index is 12.0. The molecule has 0 bridgehead atoms. The Kier molecular flexibility index (Phi) is 7.75. The van der Waals surface area contributed by atoms with Crippen LogP contribution in [0.4, 0.5) is 5.69 Å². The summed E-state index contributed by atoms with van der Waals surface area (Å²) in [6, 6.07) is 12.9. The minimum Gasteiger partial charge on any atom is -0.458 e. The molecule has 0 atom stereocenters. The second-order valence-electron chi connectivity index (χ2n) is 8.25. The smallest absolute Gasteiger partial charge is 0.306 e. The van der Waals surface area contributed by atoms with Crippen molar-refractivity contribution in [3.05, 3.63) is 53.6 Å². The molecule has 0 unspecified atom stereocenters. The first kappa shape index (κ1) is 23.1. The monoisotopic (exact) mass is 411 g/mol. The molecule has 2 aromatic carbocycles. The molecule has 160 valence electrons. The third-order valence-electron chi connectivity index (χ3n) is 4.61. The van der Waals surface area contributed by atoms with E-state index < -0.39 is 11.4 Å². The van der Waals surface area contributed by atoms with E-state index in [2.05, 4.69) is 5.32 Å². The predicted molar refractivity (Wildman–Crippen MR) is 116 cm³/mol. The molecule has 0 radical (unpaired) electrons. The Morgan fingerprint density at radius 3 is 2.10 bits per heavy atom. The number of rotatable bonds is 8. The van der Waals surface area contributed by atoms with Crippen molar-refractivity contribution in [1.29, 1.82) is 0 Å². The fourth-order valence-corrected chi connectivity index (χ4v) is 2.39. The van der Waals surface area contributed by atoms with Crippen LogP contribution >= 0.6 is 0 Å². The van der Waals surface area contributed by atoms with Gasteiger partial charge in [0.1, 0.15) is 11.5 Å². The van der Waals surface area contributed by atoms with Crippen LogP contribution in [0.5, 0.6) is 11.5 Å². The van der Waals surface area contributed by atoms with Crippen molar-refractivity contribution in [3.8, 4) is 11.5 Å². The Labute approximate surface area is 177 Å². The van der Waals surface area contributed by atoms with Crippen molar-refractivity contribution in [2.75, 3.05) is 11.9 Å². The summed E-state index contributed by atoms with van der Waals surface area (Å²) in [6.45, 7) is 9.07. The van der Waals surface area contributed by atoms with Gasteiger partial charge in [-0.1, -0.05) is 26.8 Å². The number of aryl methyl sites for hydroxylation is 2. The molecule has 0 aromatic heterocycles. The van der Waals surface area contributed by atoms with Crippen molar-refractivity contribution in [2.24, 2.45) is 5.41 Å². The highest BCUT2D eigenvalue weighted by Crippen LogP contribution is 2.25. The van der Waals surface area contributed by atoms with Gasteiger partial charge in [-0.05, 0) is 61.4 Å². The van der Waals surface area contributed by atoms with E-state index >= 15 is 0 Å². The molecule has 1 N–H and O–H groups in total. The number of nitrogens with one attached hydrogen (secondary N) is 1. The Hall–Kier alpha value is -3.15. The summed E-state index contributed by atoms with van der Waals surface area (Å²) in [6.07, 6.45) is -0.110. The molecule has 0 fully saturated rings. The predicted octanol–water partition coefficient (Wildman–Crippen LogP) is 4.97. The molecule has 0 spiro atoms. The summed E-state index contributed by atoms with van der Waals surface area (Å²) < 4.78 is 10.8. The van der Waals surface area contributed by atoms with Crippen LogP contribution < -0.4 is 10.1 Å². The lowest BCUT2D eigenvalue weighted by atomic mass is 9.91. The largest absolute Gasteiger partial charge is 0.458 e. The lowest BCUT2D eigenvalue weighted by Gasteiger charge is -2.16. The fraction of sp³-hybridized carbons (Fsp3) is 0.375. The average Bonchev–Trinajstić information content (AvgIpc) is 2.68. The molecular formula is C24H29NO5. The topological polar surface area (TPSA) is 81.7 Å². The van der Waals surface area contributed by atoms with Gasteiger partial charge in [-0.3, -0.25) is 14.4 Å². The first-order valence-electron chi connectivity index (χ1n) is 9.88. The summed E-state index contributed by atoms with van der Waals surface area (Å²) >= 11 is 0. The van der Waals surface area contributed by atoms with Gasteiger partial charge in [0.25, 0.3) is 0 Å². The number of hydrogen-bond acceptors (Lipinski definition) is 5. The van der Waals surface area contributed by atoms with E-state index in [0.717, 1.165) is 11.3 Å². The maximum absolute atomic E-state index is 12.0. The van der Waals surface area contributed by atoms with E-state index in [-0.39, 0.29) is 31.1 Å². The van der Waals surface area contributed by atoms with Crippen molar-refractivity contribution < 1.29 is 23.9 Å². The van der Waals surface area contributed by atoms with E-state index in [1.807, 2.05) is 32.0 Å². The summed E-state index contributed by atoms with van der Waals surface area (Å²) in [7, 11) is 0. The van der Waals surface area contributed by atoms with Crippen LogP contribution in [-0.2, 0) is 19.1 Å². The molecule has 0 saturated carbocycles. The molecule has 6 heteroatoms. The van der Waals surface area contributed by atoms with Crippen LogP contribution in [0.1, 0.15) is 44.7 Å². The molecule has 1 amide bonds. The average molecular weight is 411 g/mol. The highest BCUT2D eigenvalue weighted by molar-refractivity contribution is 5.93. The molecule has 0 aliphatic carbocycles. The molecule has 30 heavy (non-hydrogen) atoms. The first-order chi connectivity index (χ1) is 14.0. The third-order valence-corrected chi connectivity index (χ3v) is 4.61. The first-order valence-corrected chi connectivity index (χ1v) is 9.88. The fourth-order valence-electron chi connectivity index (χ4n) is 2.39. The van der Waals surface area contributed by atoms with Crippen LogP contribution in [0.15, 0.2) is 42.5 Å². The molecule has 2 rings (SSSR count). The van der Waals surface area contributed by atoms with Crippen molar-refractivity contribution in [1.82, 2.24) is 0 Å². The Morgan fingerprint density at radius 1 is 0.867 bits per heavy atom. The van der Waals surface area contributed by atoms with Crippen LogP contribution in [-0.4, -0.2) is 24.3 Å². The number of amides is 1. The van der Waals surface area contributed by atoms with Crippen LogP contribution in [0.25, 0.3) is 0 Å². The van der Waals surface area contributed by atoms with E-state index in [1.165, 1.54) is 5.56 Å². The van der Waals surface area contributed by atoms with E-state index in [9.17, 15) is 14.4 Å². The molecule has 0 aliphatic rings. The zero-order valence-electron chi connectivity index (χ0n) is 18.2. The molecule has 6 nitrogen and oxygen atoms in total. The molecular weight excluding hydrogens is 382 g/mol. The molecule has 0 aliphatic heterocycles. The van der Waals surface area contributed by atoms with Gasteiger partial charge in [0.2, 0.25) is 5.91 Å². The zero-order valence-corrected chi connectivity index (χ0v) is 18.2. The SMILES string of the molecule is Cc1ccc(Oc2ccc(NC(=O)CCC(=O)OCC(=O)C(C)(C)C)cc2)cc1C. The summed E-state index contributed by atoms with van der Waals surface area (Å²) in [5.74, 6) is 0.363. The summed E-state index contributed by atoms with van der Waals surface area (Å²) in [5, 5.41) is 2.72. The number of carbonyl (C=O) groups excluding carboxylic acids is 3. The lowest BCUT2D eigenvalue weighted by Crippen LogP contribution is -2.26. The molecule has 0 saturated heterocycles. The zero-order chi connectivity index (χ0) is 22.3. The van der Waals surface area contributed by atoms with Crippen molar-refractivity contribution >= 4 is 23.3 Å². The van der Waals surface area contributed by atoms with Crippen LogP contribution in [0, 0.1) is 19.3 Å². The quantitative estimate of drug-likeness (QED) is 0.620. The van der Waals surface area contributed by atoms with Crippen molar-refractivity contribution in [2.45, 2.75) is 47.5 Å². The number of anilines is 1. The van der Waals surface area contributed by atoms with Crippen molar-refractivity contribution in [3.63, 3.8) is 0 Å². The number of hydrogen-bond donors (Lipinski definition) is 1. The molecule has 2 aromatic rings. The number of carbonyl (C=O) groups is 3. The normalized spacial score (nSPS) is 11.0. The highest BCUT2D eigenvalue weighted by Gasteiger charge is 2.22. The standard InChI is InChI=1S/C24H29NO5/c1-16-6-9-20(14-17(16)2)30-19-10-7-18(8-11-19)25-22(27)12-13-23(28)29-15-21(26)24(3,4)5/h6-11,14H,12-13,15H2,1-5H3,(H,25,27). The minimum atomic E-state index is -0.570. The second kappa shape index (κ2) is 10.1. The van der Waals surface area contributed by atoms with E-state index in [1.54, 1.807) is 45.0 Å². The van der Waals surface area contributed by atoms with Gasteiger partial charge in [-0.15, -0.1) is 0 Å². The van der Waals surface area contributed by atoms with Gasteiger partial charge in [0, 0.05) is 17.5 Å². The van der Waals surface area contributed by atoms with Gasteiger partial charge in [-0.2, -0.15) is 0 Å². The van der Waals surface area contributed by atoms with E-state index in [0.29, 0.717) is 11.4 Å². The third kappa shape index (κ3) is 7.35. The van der Waals surface area contributed by atoms with Gasteiger partial charge >= 0.3 is 5.97 Å². The van der Waals surface area contributed by atoms with Gasteiger partial charge in [0.15, 0.2) is 12.4 Å².